The first kappa shape index (κ1) is 13.3. The molecule has 0 aliphatic carbocycles. The Kier molecular flexibility index (Phi) is 3.68. The van der Waals surface area contributed by atoms with E-state index in [-0.39, 0.29) is 27.2 Å². The molecule has 0 aliphatic rings. The predicted octanol–water partition coefficient (Wildman–Crippen LogP) is 2.57. The molecule has 19 heavy (non-hydrogen) atoms. The number of aromatic nitrogens is 2. The summed E-state index contributed by atoms with van der Waals surface area (Å²) in [5.74, 6) is -0.206. The second-order valence-corrected chi connectivity index (χ2v) is 4.22. The Hall–Kier alpha value is -2.12. The minimum absolute atomic E-state index is 0.0299. The molecule has 2 heterocycles. The lowest BCUT2D eigenvalue weighted by molar-refractivity contribution is -0.384. The predicted molar refractivity (Wildman–Crippen MR) is 67.8 cm³/mol. The van der Waals surface area contributed by atoms with Gasteiger partial charge in [-0.3, -0.25) is 10.1 Å². The molecule has 2 aromatic rings. The number of hydrogen-bond donors (Lipinski definition) is 1. The minimum atomic E-state index is -0.639. The van der Waals surface area contributed by atoms with E-state index in [1.165, 1.54) is 30.5 Å². The Morgan fingerprint density at radius 2 is 2.05 bits per heavy atom. The minimum Gasteiger partial charge on any atom is -0.427 e. The molecule has 0 saturated carbocycles. The van der Waals surface area contributed by atoms with E-state index in [2.05, 4.69) is 9.98 Å². The van der Waals surface area contributed by atoms with Crippen molar-refractivity contribution in [2.45, 2.75) is 0 Å². The molecule has 0 bridgehead atoms. The van der Waals surface area contributed by atoms with Crippen molar-refractivity contribution in [3.63, 3.8) is 0 Å². The molecule has 2 rings (SSSR count). The summed E-state index contributed by atoms with van der Waals surface area (Å²) in [4.78, 5) is 17.8. The fourth-order valence-electron chi connectivity index (χ4n) is 1.30. The van der Waals surface area contributed by atoms with E-state index in [4.69, 9.17) is 23.2 Å². The lowest BCUT2D eigenvalue weighted by atomic mass is 10.4. The van der Waals surface area contributed by atoms with Gasteiger partial charge in [0.05, 0.1) is 16.1 Å². The van der Waals surface area contributed by atoms with Gasteiger partial charge >= 0.3 is 5.69 Å². The van der Waals surface area contributed by atoms with Gasteiger partial charge in [0, 0.05) is 6.07 Å². The van der Waals surface area contributed by atoms with Gasteiger partial charge in [0.2, 0.25) is 5.82 Å². The summed E-state index contributed by atoms with van der Waals surface area (Å²) in [6.07, 6.45) is 1.19. The van der Waals surface area contributed by atoms with Crippen molar-refractivity contribution in [2.24, 2.45) is 4.99 Å². The second-order valence-electron chi connectivity index (χ2n) is 3.40. The van der Waals surface area contributed by atoms with Crippen molar-refractivity contribution in [1.29, 1.82) is 0 Å². The summed E-state index contributed by atoms with van der Waals surface area (Å²) in [5.41, 5.74) is -0.290. The van der Waals surface area contributed by atoms with E-state index in [9.17, 15) is 15.3 Å². The smallest absolute Gasteiger partial charge is 0.313 e. The van der Waals surface area contributed by atoms with Gasteiger partial charge in [0.15, 0.2) is 5.49 Å². The molecule has 0 unspecified atom stereocenters. The van der Waals surface area contributed by atoms with E-state index in [1.54, 1.807) is 0 Å². The molecular weight excluding hydrogens is 295 g/mol. The Balaban J connectivity index is 2.65. The molecule has 0 fully saturated rings. The van der Waals surface area contributed by atoms with Gasteiger partial charge in [-0.05, 0) is 18.2 Å². The summed E-state index contributed by atoms with van der Waals surface area (Å²) < 4.78 is 0.634. The first-order valence-electron chi connectivity index (χ1n) is 4.90. The lowest BCUT2D eigenvalue weighted by Crippen LogP contribution is -2.17. The average Bonchev–Trinajstić information content (AvgIpc) is 2.32. The van der Waals surface area contributed by atoms with Gasteiger partial charge in [0.25, 0.3) is 0 Å². The summed E-state index contributed by atoms with van der Waals surface area (Å²) in [5, 5.41) is 20.7. The topological polar surface area (TPSA) is 93.5 Å². The van der Waals surface area contributed by atoms with Crippen LogP contribution in [0.3, 0.4) is 0 Å². The van der Waals surface area contributed by atoms with E-state index >= 15 is 0 Å². The van der Waals surface area contributed by atoms with Crippen LogP contribution in [0.15, 0.2) is 35.5 Å². The lowest BCUT2D eigenvalue weighted by Gasteiger charge is -2.00. The highest BCUT2D eigenvalue weighted by Gasteiger charge is 2.15. The van der Waals surface area contributed by atoms with Crippen molar-refractivity contribution < 1.29 is 10.1 Å². The maximum Gasteiger partial charge on any atom is 0.313 e. The number of halogens is 2. The Labute approximate surface area is 116 Å². The largest absolute Gasteiger partial charge is 0.427 e. The maximum atomic E-state index is 10.8. The van der Waals surface area contributed by atoms with Gasteiger partial charge < -0.3 is 5.21 Å². The van der Waals surface area contributed by atoms with Crippen LogP contribution in [-0.2, 0) is 0 Å². The monoisotopic (exact) mass is 300 g/mol. The Morgan fingerprint density at radius 3 is 2.68 bits per heavy atom. The van der Waals surface area contributed by atoms with E-state index in [0.29, 0.717) is 4.73 Å². The SMILES string of the molecule is O=[N+]([O-])c1ccc(Cl)nc1N=c1ccc(Cl)cn1O. The zero-order valence-electron chi connectivity index (χ0n) is 9.20. The standard InChI is InChI=1S/C10H6Cl2N4O3/c11-6-1-4-9(15(17)5-6)14-10-7(16(18)19)2-3-8(12)13-10/h1-5,17H. The molecule has 0 radical (unpaired) electrons. The summed E-state index contributed by atoms with van der Waals surface area (Å²) >= 11 is 11.3. The van der Waals surface area contributed by atoms with Crippen molar-refractivity contribution >= 4 is 34.7 Å². The van der Waals surface area contributed by atoms with Crippen molar-refractivity contribution in [1.82, 2.24) is 9.71 Å². The van der Waals surface area contributed by atoms with Crippen molar-refractivity contribution in [3.8, 4) is 0 Å². The van der Waals surface area contributed by atoms with Crippen LogP contribution in [-0.4, -0.2) is 19.8 Å². The molecule has 1 N–H and O–H groups in total. The van der Waals surface area contributed by atoms with Crippen LogP contribution < -0.4 is 5.49 Å². The quantitative estimate of drug-likeness (QED) is 0.399. The molecule has 7 nitrogen and oxygen atoms in total. The highest BCUT2D eigenvalue weighted by Crippen LogP contribution is 2.25. The van der Waals surface area contributed by atoms with Crippen LogP contribution in [0.4, 0.5) is 11.5 Å². The third-order valence-electron chi connectivity index (χ3n) is 2.11. The zero-order chi connectivity index (χ0) is 14.0. The van der Waals surface area contributed by atoms with Gasteiger partial charge in [-0.1, -0.05) is 23.2 Å². The summed E-state index contributed by atoms with van der Waals surface area (Å²) in [6, 6.07) is 5.33. The highest BCUT2D eigenvalue weighted by molar-refractivity contribution is 6.30. The van der Waals surface area contributed by atoms with Crippen LogP contribution in [0.1, 0.15) is 0 Å². The van der Waals surface area contributed by atoms with Crippen LogP contribution in [0.25, 0.3) is 0 Å². The molecule has 0 aromatic carbocycles. The van der Waals surface area contributed by atoms with E-state index in [0.717, 1.165) is 0 Å². The van der Waals surface area contributed by atoms with Crippen molar-refractivity contribution in [2.75, 3.05) is 0 Å². The number of nitro groups is 1. The van der Waals surface area contributed by atoms with Crippen LogP contribution >= 0.6 is 23.2 Å². The highest BCUT2D eigenvalue weighted by atomic mass is 35.5. The number of pyridine rings is 2. The average molecular weight is 301 g/mol. The second kappa shape index (κ2) is 5.25. The molecular formula is C10H6Cl2N4O3. The van der Waals surface area contributed by atoms with Gasteiger partial charge in [-0.25, -0.2) is 9.98 Å². The maximum absolute atomic E-state index is 10.8. The fourth-order valence-corrected chi connectivity index (χ4v) is 1.59. The molecule has 0 amide bonds. The summed E-state index contributed by atoms with van der Waals surface area (Å²) in [7, 11) is 0. The fraction of sp³-hybridized carbons (Fsp3) is 0. The molecule has 98 valence electrons. The molecule has 9 heteroatoms. The van der Waals surface area contributed by atoms with E-state index in [1.807, 2.05) is 0 Å². The molecule has 0 atom stereocenters. The third kappa shape index (κ3) is 3.01. The van der Waals surface area contributed by atoms with E-state index < -0.39 is 4.92 Å². The summed E-state index contributed by atoms with van der Waals surface area (Å²) in [6.45, 7) is 0. The van der Waals surface area contributed by atoms with Gasteiger partial charge in [-0.2, -0.15) is 4.73 Å². The Bertz CT molecular complexity index is 714. The zero-order valence-corrected chi connectivity index (χ0v) is 10.7. The molecule has 0 spiro atoms. The molecule has 0 saturated heterocycles. The third-order valence-corrected chi connectivity index (χ3v) is 2.54. The van der Waals surface area contributed by atoms with Crippen LogP contribution in [0.2, 0.25) is 10.2 Å². The first-order valence-corrected chi connectivity index (χ1v) is 5.66. The normalized spacial score (nSPS) is 11.6. The van der Waals surface area contributed by atoms with Gasteiger partial charge in [-0.15, -0.1) is 0 Å². The number of hydrogen-bond acceptors (Lipinski definition) is 5. The molecule has 2 aromatic heterocycles. The number of rotatable bonds is 2. The van der Waals surface area contributed by atoms with Crippen LogP contribution in [0.5, 0.6) is 0 Å². The van der Waals surface area contributed by atoms with Crippen LogP contribution in [0, 0.1) is 10.1 Å². The Morgan fingerprint density at radius 1 is 1.32 bits per heavy atom. The van der Waals surface area contributed by atoms with Gasteiger partial charge in [0.1, 0.15) is 5.15 Å². The first-order chi connectivity index (χ1) is 8.97. The number of nitrogens with zero attached hydrogens (tertiary/aromatic N) is 4. The molecule has 0 aliphatic heterocycles. The van der Waals surface area contributed by atoms with Crippen molar-refractivity contribution in [3.05, 3.63) is 56.2 Å².